The van der Waals surface area contributed by atoms with Gasteiger partial charge >= 0.3 is 0 Å². The Morgan fingerprint density at radius 3 is 2.47 bits per heavy atom. The van der Waals surface area contributed by atoms with Crippen molar-refractivity contribution in [3.8, 4) is 6.07 Å². The van der Waals surface area contributed by atoms with E-state index < -0.39 is 5.82 Å². The molecule has 0 amide bonds. The summed E-state index contributed by atoms with van der Waals surface area (Å²) in [4.78, 5) is 0. The third-order valence-corrected chi connectivity index (χ3v) is 2.76. The minimum Gasteiger partial charge on any atom is -0.381 e. The maximum atomic E-state index is 13.4. The number of halogens is 1. The second-order valence-corrected chi connectivity index (χ2v) is 4.19. The molecule has 0 heterocycles. The Kier molecular flexibility index (Phi) is 5.48. The van der Waals surface area contributed by atoms with Gasteiger partial charge in [0.15, 0.2) is 0 Å². The van der Waals surface area contributed by atoms with Crippen LogP contribution in [0.15, 0.2) is 18.2 Å². The Bertz CT molecular complexity index is 390. The van der Waals surface area contributed by atoms with Crippen LogP contribution in [0.5, 0.6) is 0 Å². The van der Waals surface area contributed by atoms with Crippen LogP contribution in [-0.2, 0) is 0 Å². The number of hydrogen-bond acceptors (Lipinski definition) is 2. The zero-order valence-corrected chi connectivity index (χ0v) is 10.5. The lowest BCUT2D eigenvalue weighted by Crippen LogP contribution is -2.19. The van der Waals surface area contributed by atoms with Gasteiger partial charge < -0.3 is 5.32 Å². The molecule has 0 saturated heterocycles. The maximum Gasteiger partial charge on any atom is 0.143 e. The molecule has 0 aliphatic heterocycles. The lowest BCUT2D eigenvalue weighted by atomic mass is 10.1. The van der Waals surface area contributed by atoms with Crippen LogP contribution in [0.4, 0.5) is 10.1 Å². The summed E-state index contributed by atoms with van der Waals surface area (Å²) >= 11 is 0. The Hall–Kier alpha value is -1.56. The zero-order chi connectivity index (χ0) is 12.7. The van der Waals surface area contributed by atoms with Crippen LogP contribution in [-0.4, -0.2) is 6.04 Å². The van der Waals surface area contributed by atoms with Crippen LogP contribution in [0.25, 0.3) is 0 Å². The van der Waals surface area contributed by atoms with Gasteiger partial charge in [0.2, 0.25) is 0 Å². The minimum atomic E-state index is -0.454. The summed E-state index contributed by atoms with van der Waals surface area (Å²) in [6.07, 6.45) is 4.23. The van der Waals surface area contributed by atoms with Gasteiger partial charge in [0.1, 0.15) is 17.4 Å². The number of hydrogen-bond donors (Lipinski definition) is 1. The topological polar surface area (TPSA) is 35.8 Å². The quantitative estimate of drug-likeness (QED) is 0.805. The molecular formula is C14H19FN2. The molecule has 0 unspecified atom stereocenters. The predicted octanol–water partition coefficient (Wildman–Crippen LogP) is 4.08. The fraction of sp³-hybridized carbons (Fsp3) is 0.500. The van der Waals surface area contributed by atoms with Crippen LogP contribution >= 0.6 is 0 Å². The minimum absolute atomic E-state index is 0.115. The van der Waals surface area contributed by atoms with Crippen LogP contribution in [0, 0.1) is 17.1 Å². The molecule has 0 bridgehead atoms. The number of rotatable bonds is 6. The average Bonchev–Trinajstić information content (AvgIpc) is 2.30. The first-order chi connectivity index (χ1) is 8.22. The molecule has 0 radical (unpaired) electrons. The smallest absolute Gasteiger partial charge is 0.143 e. The highest BCUT2D eigenvalue weighted by atomic mass is 19.1. The number of nitriles is 1. The molecule has 0 aliphatic carbocycles. The summed E-state index contributed by atoms with van der Waals surface area (Å²) < 4.78 is 13.4. The summed E-state index contributed by atoms with van der Waals surface area (Å²) in [7, 11) is 0. The molecule has 1 rings (SSSR count). The largest absolute Gasteiger partial charge is 0.381 e. The van der Waals surface area contributed by atoms with Crippen LogP contribution < -0.4 is 5.32 Å². The Labute approximate surface area is 102 Å². The SMILES string of the molecule is CCCC(CCC)Nc1cccc(F)c1C#N. The molecule has 1 N–H and O–H groups in total. The van der Waals surface area contributed by atoms with Gasteiger partial charge in [-0.1, -0.05) is 32.8 Å². The van der Waals surface area contributed by atoms with E-state index in [1.54, 1.807) is 12.1 Å². The van der Waals surface area contributed by atoms with Gasteiger partial charge in [-0.05, 0) is 25.0 Å². The highest BCUT2D eigenvalue weighted by Gasteiger charge is 2.11. The van der Waals surface area contributed by atoms with E-state index in [0.717, 1.165) is 25.7 Å². The molecule has 3 heteroatoms. The van der Waals surface area contributed by atoms with Gasteiger partial charge in [-0.3, -0.25) is 0 Å². The molecule has 0 saturated carbocycles. The predicted molar refractivity (Wildman–Crippen MR) is 68.3 cm³/mol. The highest BCUT2D eigenvalue weighted by molar-refractivity contribution is 5.58. The number of nitrogens with zero attached hydrogens (tertiary/aromatic N) is 1. The highest BCUT2D eigenvalue weighted by Crippen LogP contribution is 2.21. The molecule has 0 aliphatic rings. The number of benzene rings is 1. The van der Waals surface area contributed by atoms with E-state index in [1.165, 1.54) is 6.07 Å². The summed E-state index contributed by atoms with van der Waals surface area (Å²) in [5.74, 6) is -0.454. The molecule has 0 aromatic heterocycles. The first kappa shape index (κ1) is 13.5. The van der Waals surface area contributed by atoms with Crippen molar-refractivity contribution in [3.63, 3.8) is 0 Å². The van der Waals surface area contributed by atoms with E-state index >= 15 is 0 Å². The molecule has 92 valence electrons. The van der Waals surface area contributed by atoms with E-state index in [4.69, 9.17) is 5.26 Å². The van der Waals surface area contributed by atoms with Gasteiger partial charge in [-0.15, -0.1) is 0 Å². The average molecular weight is 234 g/mol. The summed E-state index contributed by atoms with van der Waals surface area (Å²) in [6.45, 7) is 4.25. The third kappa shape index (κ3) is 3.74. The second-order valence-electron chi connectivity index (χ2n) is 4.19. The Balaban J connectivity index is 2.85. The van der Waals surface area contributed by atoms with Crippen molar-refractivity contribution in [1.82, 2.24) is 0 Å². The molecule has 1 aromatic carbocycles. The monoisotopic (exact) mass is 234 g/mol. The zero-order valence-electron chi connectivity index (χ0n) is 10.5. The molecule has 1 aromatic rings. The van der Waals surface area contributed by atoms with Crippen molar-refractivity contribution in [3.05, 3.63) is 29.6 Å². The van der Waals surface area contributed by atoms with Crippen LogP contribution in [0.1, 0.15) is 45.1 Å². The van der Waals surface area contributed by atoms with Crippen molar-refractivity contribution >= 4 is 5.69 Å². The van der Waals surface area contributed by atoms with Crippen LogP contribution in [0.2, 0.25) is 0 Å². The Morgan fingerprint density at radius 2 is 1.94 bits per heavy atom. The lowest BCUT2D eigenvalue weighted by molar-refractivity contribution is 0.584. The fourth-order valence-corrected chi connectivity index (χ4v) is 1.96. The fourth-order valence-electron chi connectivity index (χ4n) is 1.96. The summed E-state index contributed by atoms with van der Waals surface area (Å²) in [5, 5.41) is 12.2. The van der Waals surface area contributed by atoms with Gasteiger partial charge in [-0.2, -0.15) is 5.26 Å². The number of nitrogens with one attached hydrogen (secondary N) is 1. The lowest BCUT2D eigenvalue weighted by Gasteiger charge is -2.19. The molecule has 2 nitrogen and oxygen atoms in total. The molecule has 0 spiro atoms. The van der Waals surface area contributed by atoms with Gasteiger partial charge in [0.25, 0.3) is 0 Å². The van der Waals surface area contributed by atoms with E-state index in [9.17, 15) is 4.39 Å². The van der Waals surface area contributed by atoms with Crippen molar-refractivity contribution in [1.29, 1.82) is 5.26 Å². The molecule has 0 fully saturated rings. The molecule has 0 atom stereocenters. The van der Waals surface area contributed by atoms with Crippen molar-refractivity contribution < 1.29 is 4.39 Å². The van der Waals surface area contributed by atoms with E-state index in [2.05, 4.69) is 19.2 Å². The van der Waals surface area contributed by atoms with Gasteiger partial charge in [0.05, 0.1) is 5.69 Å². The van der Waals surface area contributed by atoms with Crippen molar-refractivity contribution in [2.75, 3.05) is 5.32 Å². The normalized spacial score (nSPS) is 10.3. The summed E-state index contributed by atoms with van der Waals surface area (Å²) in [5.41, 5.74) is 0.726. The molecule has 17 heavy (non-hydrogen) atoms. The van der Waals surface area contributed by atoms with Crippen molar-refractivity contribution in [2.45, 2.75) is 45.6 Å². The maximum absolute atomic E-state index is 13.4. The van der Waals surface area contributed by atoms with E-state index in [1.807, 2.05) is 6.07 Å². The number of anilines is 1. The third-order valence-electron chi connectivity index (χ3n) is 2.76. The van der Waals surface area contributed by atoms with Crippen molar-refractivity contribution in [2.24, 2.45) is 0 Å². The van der Waals surface area contributed by atoms with E-state index in [-0.39, 0.29) is 5.56 Å². The first-order valence-corrected chi connectivity index (χ1v) is 6.18. The second kappa shape index (κ2) is 6.90. The molecular weight excluding hydrogens is 215 g/mol. The van der Waals surface area contributed by atoms with Gasteiger partial charge in [0, 0.05) is 6.04 Å². The van der Waals surface area contributed by atoms with Gasteiger partial charge in [-0.25, -0.2) is 4.39 Å². The van der Waals surface area contributed by atoms with Crippen LogP contribution in [0.3, 0.4) is 0 Å². The Morgan fingerprint density at radius 1 is 1.29 bits per heavy atom. The first-order valence-electron chi connectivity index (χ1n) is 6.18. The van der Waals surface area contributed by atoms with E-state index in [0.29, 0.717) is 11.7 Å². The summed E-state index contributed by atoms with van der Waals surface area (Å²) in [6, 6.07) is 6.95. The standard InChI is InChI=1S/C14H19FN2/c1-3-6-11(7-4-2)17-14-9-5-8-13(15)12(14)10-16/h5,8-9,11,17H,3-4,6-7H2,1-2H3.